The topological polar surface area (TPSA) is 46.5 Å². The van der Waals surface area contributed by atoms with Crippen molar-refractivity contribution in [2.24, 2.45) is 10.9 Å². The average molecular weight is 302 g/mol. The number of rotatable bonds is 3. The first-order valence-corrected chi connectivity index (χ1v) is 7.09. The number of hydrogen-bond acceptors (Lipinski definition) is 3. The van der Waals surface area contributed by atoms with Crippen molar-refractivity contribution in [3.63, 3.8) is 0 Å². The van der Waals surface area contributed by atoms with E-state index in [2.05, 4.69) is 4.99 Å². The molecule has 4 heteroatoms. The second-order valence-corrected chi connectivity index (χ2v) is 5.67. The average Bonchev–Trinajstić information content (AvgIpc) is 2.44. The normalized spacial score (nSPS) is 16.1. The van der Waals surface area contributed by atoms with Gasteiger partial charge in [0.1, 0.15) is 5.70 Å². The summed E-state index contributed by atoms with van der Waals surface area (Å²) in [6, 6.07) is 7.10. The van der Waals surface area contributed by atoms with E-state index in [1.807, 2.05) is 13.8 Å². The molecule has 0 saturated heterocycles. The summed E-state index contributed by atoms with van der Waals surface area (Å²) in [7, 11) is 0. The number of Topliss-reactive ketones (excluding diaryl/α,β-unsaturated/α-hetero) is 1. The molecule has 0 heterocycles. The third-order valence-corrected chi connectivity index (χ3v) is 3.58. The Kier molecular flexibility index (Phi) is 4.53. The molecule has 0 aromatic heterocycles. The fourth-order valence-corrected chi connectivity index (χ4v) is 2.14. The number of benzene rings is 1. The van der Waals surface area contributed by atoms with Gasteiger partial charge in [0.2, 0.25) is 5.78 Å². The Bertz CT molecular complexity index is 679. The molecule has 0 unspecified atom stereocenters. The first kappa shape index (κ1) is 15.4. The van der Waals surface area contributed by atoms with Gasteiger partial charge in [0.05, 0.1) is 0 Å². The molecule has 0 bridgehead atoms. The highest BCUT2D eigenvalue weighted by atomic mass is 35.5. The second-order valence-electron chi connectivity index (χ2n) is 5.23. The van der Waals surface area contributed by atoms with Crippen LogP contribution < -0.4 is 0 Å². The summed E-state index contributed by atoms with van der Waals surface area (Å²) in [5.41, 5.74) is 1.94. The second kappa shape index (κ2) is 6.19. The van der Waals surface area contributed by atoms with Crippen molar-refractivity contribution >= 4 is 29.4 Å². The van der Waals surface area contributed by atoms with E-state index in [0.717, 1.165) is 5.56 Å². The lowest BCUT2D eigenvalue weighted by molar-refractivity contribution is -0.116. The SMILES string of the molecule is CC1=C(/N=C/c2ccc(Cl)cc2)C(=O)C(C(C)C)=CC1=O. The number of allylic oxidation sites excluding steroid dienone is 3. The van der Waals surface area contributed by atoms with Crippen molar-refractivity contribution in [1.29, 1.82) is 0 Å². The summed E-state index contributed by atoms with van der Waals surface area (Å²) < 4.78 is 0. The molecule has 1 aliphatic rings. The van der Waals surface area contributed by atoms with Gasteiger partial charge < -0.3 is 0 Å². The van der Waals surface area contributed by atoms with Gasteiger partial charge >= 0.3 is 0 Å². The predicted octanol–water partition coefficient (Wildman–Crippen LogP) is 3.77. The maximum absolute atomic E-state index is 12.4. The summed E-state index contributed by atoms with van der Waals surface area (Å²) in [4.78, 5) is 28.6. The van der Waals surface area contributed by atoms with E-state index in [4.69, 9.17) is 11.6 Å². The Morgan fingerprint density at radius 2 is 1.76 bits per heavy atom. The molecule has 21 heavy (non-hydrogen) atoms. The van der Waals surface area contributed by atoms with Crippen LogP contribution in [-0.2, 0) is 9.59 Å². The van der Waals surface area contributed by atoms with Gasteiger partial charge in [0.15, 0.2) is 5.78 Å². The van der Waals surface area contributed by atoms with Gasteiger partial charge in [-0.25, -0.2) is 0 Å². The van der Waals surface area contributed by atoms with Crippen LogP contribution >= 0.6 is 11.6 Å². The van der Waals surface area contributed by atoms with Gasteiger partial charge in [-0.1, -0.05) is 37.6 Å². The van der Waals surface area contributed by atoms with E-state index in [-0.39, 0.29) is 23.2 Å². The van der Waals surface area contributed by atoms with Crippen LogP contribution in [0.3, 0.4) is 0 Å². The summed E-state index contributed by atoms with van der Waals surface area (Å²) in [6.45, 7) is 5.40. The third-order valence-electron chi connectivity index (χ3n) is 3.32. The van der Waals surface area contributed by atoms with Gasteiger partial charge in [-0.2, -0.15) is 0 Å². The Balaban J connectivity index is 2.33. The number of aliphatic imine (C=N–C) groups is 1. The van der Waals surface area contributed by atoms with Crippen LogP contribution in [0.1, 0.15) is 26.3 Å². The first-order chi connectivity index (χ1) is 9.90. The zero-order chi connectivity index (χ0) is 15.6. The van der Waals surface area contributed by atoms with Gasteiger partial charge in [-0.05, 0) is 36.6 Å². The molecule has 0 amide bonds. The molecule has 108 valence electrons. The summed E-state index contributed by atoms with van der Waals surface area (Å²) in [5, 5.41) is 0.636. The van der Waals surface area contributed by atoms with Crippen LogP contribution in [0.15, 0.2) is 52.2 Å². The van der Waals surface area contributed by atoms with E-state index >= 15 is 0 Å². The van der Waals surface area contributed by atoms with Crippen molar-refractivity contribution in [2.45, 2.75) is 20.8 Å². The molecule has 2 rings (SSSR count). The number of carbonyl (C=O) groups is 2. The minimum Gasteiger partial charge on any atom is -0.290 e. The maximum atomic E-state index is 12.4. The Labute approximate surface area is 129 Å². The molecule has 3 nitrogen and oxygen atoms in total. The molecule has 0 radical (unpaired) electrons. The zero-order valence-corrected chi connectivity index (χ0v) is 12.9. The van der Waals surface area contributed by atoms with Gasteiger partial charge in [-0.15, -0.1) is 0 Å². The standard InChI is InChI=1S/C17H16ClNO2/c1-10(2)14-8-15(20)11(3)16(17(14)21)19-9-12-4-6-13(18)7-5-12/h4-10H,1-3H3/b19-9+. The Morgan fingerprint density at radius 1 is 1.14 bits per heavy atom. The molecule has 0 aliphatic heterocycles. The lowest BCUT2D eigenvalue weighted by Crippen LogP contribution is -2.20. The summed E-state index contributed by atoms with van der Waals surface area (Å²) in [6.07, 6.45) is 2.99. The molecule has 0 spiro atoms. The van der Waals surface area contributed by atoms with Gasteiger partial charge in [-0.3, -0.25) is 14.6 Å². The van der Waals surface area contributed by atoms with Crippen molar-refractivity contribution < 1.29 is 9.59 Å². The molecule has 0 atom stereocenters. The number of hydrogen-bond donors (Lipinski definition) is 0. The molecule has 1 aromatic rings. The predicted molar refractivity (Wildman–Crippen MR) is 84.7 cm³/mol. The molecule has 0 N–H and O–H groups in total. The number of halogens is 1. The Hall–Kier alpha value is -2.00. The third kappa shape index (κ3) is 3.37. The fraction of sp³-hybridized carbons (Fsp3) is 0.235. The monoisotopic (exact) mass is 301 g/mol. The van der Waals surface area contributed by atoms with Crippen LogP contribution in [0.5, 0.6) is 0 Å². The van der Waals surface area contributed by atoms with Gasteiger partial charge in [0, 0.05) is 22.4 Å². The maximum Gasteiger partial charge on any atom is 0.208 e. The minimum atomic E-state index is -0.174. The van der Waals surface area contributed by atoms with Crippen molar-refractivity contribution in [1.82, 2.24) is 0 Å². The van der Waals surface area contributed by atoms with Crippen LogP contribution in [0, 0.1) is 5.92 Å². The first-order valence-electron chi connectivity index (χ1n) is 6.71. The van der Waals surface area contributed by atoms with Crippen molar-refractivity contribution in [3.8, 4) is 0 Å². The summed E-state index contributed by atoms with van der Waals surface area (Å²) in [5.74, 6) is -0.329. The van der Waals surface area contributed by atoms with Crippen molar-refractivity contribution in [3.05, 3.63) is 57.8 Å². The zero-order valence-electron chi connectivity index (χ0n) is 12.2. The highest BCUT2D eigenvalue weighted by molar-refractivity contribution is 6.30. The highest BCUT2D eigenvalue weighted by Gasteiger charge is 2.27. The largest absolute Gasteiger partial charge is 0.290 e. The molecular formula is C17H16ClNO2. The van der Waals surface area contributed by atoms with E-state index in [0.29, 0.717) is 16.2 Å². The quantitative estimate of drug-likeness (QED) is 0.630. The lowest BCUT2D eigenvalue weighted by atomic mass is 9.88. The fourth-order valence-electron chi connectivity index (χ4n) is 2.01. The van der Waals surface area contributed by atoms with Crippen LogP contribution in [-0.4, -0.2) is 17.8 Å². The van der Waals surface area contributed by atoms with Crippen molar-refractivity contribution in [2.75, 3.05) is 0 Å². The molecule has 1 aromatic carbocycles. The van der Waals surface area contributed by atoms with Crippen LogP contribution in [0.2, 0.25) is 5.02 Å². The number of carbonyl (C=O) groups excluding carboxylic acids is 2. The van der Waals surface area contributed by atoms with Gasteiger partial charge in [0.25, 0.3) is 0 Å². The lowest BCUT2D eigenvalue weighted by Gasteiger charge is -2.16. The molecular weight excluding hydrogens is 286 g/mol. The molecule has 1 aliphatic carbocycles. The molecule has 0 saturated carbocycles. The summed E-state index contributed by atoms with van der Waals surface area (Å²) >= 11 is 5.82. The smallest absolute Gasteiger partial charge is 0.208 e. The van der Waals surface area contributed by atoms with Crippen LogP contribution in [0.25, 0.3) is 0 Å². The number of nitrogens with zero attached hydrogens (tertiary/aromatic N) is 1. The molecule has 0 fully saturated rings. The Morgan fingerprint density at radius 3 is 2.33 bits per heavy atom. The van der Waals surface area contributed by atoms with E-state index in [1.54, 1.807) is 37.4 Å². The number of ketones is 2. The van der Waals surface area contributed by atoms with E-state index in [1.165, 1.54) is 6.08 Å². The minimum absolute atomic E-state index is 0.00437. The van der Waals surface area contributed by atoms with E-state index < -0.39 is 0 Å². The van der Waals surface area contributed by atoms with Crippen LogP contribution in [0.4, 0.5) is 0 Å². The van der Waals surface area contributed by atoms with E-state index in [9.17, 15) is 9.59 Å². The highest BCUT2D eigenvalue weighted by Crippen LogP contribution is 2.24.